The van der Waals surface area contributed by atoms with Gasteiger partial charge in [0.1, 0.15) is 11.5 Å². The number of anilines is 1. The lowest BCUT2D eigenvalue weighted by atomic mass is 10.1. The van der Waals surface area contributed by atoms with Crippen LogP contribution >= 0.6 is 22.9 Å². The number of aromatic nitrogens is 3. The van der Waals surface area contributed by atoms with E-state index in [0.29, 0.717) is 12.2 Å². The van der Waals surface area contributed by atoms with Gasteiger partial charge in [-0.25, -0.2) is 9.97 Å². The molecule has 1 amide bonds. The topological polar surface area (TPSA) is 62.2 Å². The lowest BCUT2D eigenvalue weighted by molar-refractivity contribution is 0.0761. The van der Waals surface area contributed by atoms with Crippen molar-refractivity contribution >= 4 is 33.9 Å². The van der Waals surface area contributed by atoms with Crippen LogP contribution in [0.1, 0.15) is 33.3 Å². The summed E-state index contributed by atoms with van der Waals surface area (Å²) in [5.41, 5.74) is 1.87. The normalized spacial score (nSPS) is 14.9. The molecule has 0 unspecified atom stereocenters. The molecule has 1 aliphatic rings. The summed E-state index contributed by atoms with van der Waals surface area (Å²) in [5.74, 6) is 0.847. The number of rotatable bonds is 5. The van der Waals surface area contributed by atoms with Crippen molar-refractivity contribution in [1.82, 2.24) is 19.2 Å². The van der Waals surface area contributed by atoms with Crippen LogP contribution in [0, 0.1) is 6.92 Å². The Hall–Kier alpha value is -2.32. The molecule has 0 aliphatic carbocycles. The minimum atomic E-state index is 0.0394. The molecular weight excluding hydrogens is 390 g/mol. The highest BCUT2D eigenvalue weighted by molar-refractivity contribution is 7.10. The molecular formula is C20H23N5OS2. The highest BCUT2D eigenvalue weighted by atomic mass is 32.1. The van der Waals surface area contributed by atoms with Gasteiger partial charge in [0.2, 0.25) is 5.13 Å². The lowest BCUT2D eigenvalue weighted by Gasteiger charge is -2.20. The molecule has 146 valence electrons. The first-order valence-corrected chi connectivity index (χ1v) is 11.2. The zero-order valence-electron chi connectivity index (χ0n) is 15.9. The summed E-state index contributed by atoms with van der Waals surface area (Å²) < 4.78 is 4.27. The second kappa shape index (κ2) is 8.79. The summed E-state index contributed by atoms with van der Waals surface area (Å²) in [6.07, 6.45) is 2.74. The predicted molar refractivity (Wildman–Crippen MR) is 113 cm³/mol. The van der Waals surface area contributed by atoms with Crippen LogP contribution in [0.15, 0.2) is 35.7 Å². The minimum absolute atomic E-state index is 0.0394. The fourth-order valence-electron chi connectivity index (χ4n) is 3.31. The Morgan fingerprint density at radius 2 is 1.93 bits per heavy atom. The van der Waals surface area contributed by atoms with Crippen LogP contribution in [0.2, 0.25) is 0 Å². The number of nitrogens with zero attached hydrogens (tertiary/aromatic N) is 5. The largest absolute Gasteiger partial charge is 0.345 e. The van der Waals surface area contributed by atoms with Crippen molar-refractivity contribution in [3.8, 4) is 0 Å². The number of hydrogen-bond acceptors (Lipinski definition) is 7. The molecule has 1 aromatic carbocycles. The molecule has 0 N–H and O–H groups in total. The lowest BCUT2D eigenvalue weighted by Crippen LogP contribution is -2.35. The van der Waals surface area contributed by atoms with Gasteiger partial charge in [0.05, 0.1) is 5.01 Å². The third kappa shape index (κ3) is 4.56. The van der Waals surface area contributed by atoms with Gasteiger partial charge in [0, 0.05) is 49.5 Å². The Bertz CT molecular complexity index is 924. The monoisotopic (exact) mass is 413 g/mol. The van der Waals surface area contributed by atoms with Crippen LogP contribution in [0.3, 0.4) is 0 Å². The predicted octanol–water partition coefficient (Wildman–Crippen LogP) is 3.44. The van der Waals surface area contributed by atoms with Gasteiger partial charge in [-0.05, 0) is 25.3 Å². The highest BCUT2D eigenvalue weighted by Crippen LogP contribution is 2.20. The van der Waals surface area contributed by atoms with E-state index < -0.39 is 0 Å². The molecule has 1 aliphatic heterocycles. The van der Waals surface area contributed by atoms with Gasteiger partial charge in [-0.15, -0.1) is 11.3 Å². The fraction of sp³-hybridized carbons (Fsp3) is 0.400. The van der Waals surface area contributed by atoms with Crippen LogP contribution in [0.25, 0.3) is 0 Å². The fourth-order valence-corrected chi connectivity index (χ4v) is 4.81. The molecule has 0 spiro atoms. The zero-order valence-corrected chi connectivity index (χ0v) is 17.5. The maximum atomic E-state index is 12.9. The maximum Gasteiger partial charge on any atom is 0.273 e. The van der Waals surface area contributed by atoms with Crippen molar-refractivity contribution in [1.29, 1.82) is 0 Å². The maximum absolute atomic E-state index is 12.9. The summed E-state index contributed by atoms with van der Waals surface area (Å²) in [7, 11) is 0. The van der Waals surface area contributed by atoms with Crippen molar-refractivity contribution in [3.05, 3.63) is 57.8 Å². The second-order valence-electron chi connectivity index (χ2n) is 6.87. The van der Waals surface area contributed by atoms with Gasteiger partial charge in [-0.1, -0.05) is 30.3 Å². The van der Waals surface area contributed by atoms with Crippen LogP contribution in [0.4, 0.5) is 5.13 Å². The standard InChI is InChI=1S/C20H23N5OS2/c1-15-21-20(28-23-15)25-11-5-10-24(12-13-25)19(26)17-14-27-18(22-17)9-8-16-6-3-2-4-7-16/h2-4,6-7,14H,5,8-13H2,1H3. The molecule has 0 atom stereocenters. The first kappa shape index (κ1) is 19.0. The first-order valence-electron chi connectivity index (χ1n) is 9.52. The van der Waals surface area contributed by atoms with E-state index >= 15 is 0 Å². The van der Waals surface area contributed by atoms with Crippen LogP contribution in [-0.4, -0.2) is 51.3 Å². The Labute approximate surface area is 173 Å². The average Bonchev–Trinajstić information content (AvgIpc) is 3.29. The van der Waals surface area contributed by atoms with Gasteiger partial charge in [-0.2, -0.15) is 4.37 Å². The van der Waals surface area contributed by atoms with Crippen molar-refractivity contribution in [2.24, 2.45) is 0 Å². The Morgan fingerprint density at radius 1 is 1.07 bits per heavy atom. The second-order valence-corrected chi connectivity index (χ2v) is 8.54. The number of benzene rings is 1. The first-order chi connectivity index (χ1) is 13.7. The SMILES string of the molecule is Cc1nsc(N2CCCN(C(=O)c3csc(CCc4ccccc4)n3)CC2)n1. The van der Waals surface area contributed by atoms with Gasteiger partial charge >= 0.3 is 0 Å². The molecule has 3 aromatic rings. The van der Waals surface area contributed by atoms with Crippen molar-refractivity contribution in [3.63, 3.8) is 0 Å². The van der Waals surface area contributed by atoms with E-state index in [1.165, 1.54) is 17.1 Å². The third-order valence-corrected chi connectivity index (χ3v) is 6.59. The summed E-state index contributed by atoms with van der Waals surface area (Å²) >= 11 is 3.01. The molecule has 0 bridgehead atoms. The molecule has 28 heavy (non-hydrogen) atoms. The number of carbonyl (C=O) groups is 1. The molecule has 6 nitrogen and oxygen atoms in total. The Morgan fingerprint density at radius 3 is 2.71 bits per heavy atom. The summed E-state index contributed by atoms with van der Waals surface area (Å²) in [5, 5.41) is 3.87. The molecule has 1 saturated heterocycles. The van der Waals surface area contributed by atoms with E-state index in [4.69, 9.17) is 0 Å². The van der Waals surface area contributed by atoms with Crippen molar-refractivity contribution < 1.29 is 4.79 Å². The van der Waals surface area contributed by atoms with E-state index in [0.717, 1.165) is 54.9 Å². The highest BCUT2D eigenvalue weighted by Gasteiger charge is 2.23. The van der Waals surface area contributed by atoms with Crippen LogP contribution in [0.5, 0.6) is 0 Å². The average molecular weight is 414 g/mol. The van der Waals surface area contributed by atoms with E-state index in [-0.39, 0.29) is 5.91 Å². The van der Waals surface area contributed by atoms with Crippen molar-refractivity contribution in [2.45, 2.75) is 26.2 Å². The number of amides is 1. The van der Waals surface area contributed by atoms with E-state index in [1.54, 1.807) is 11.3 Å². The quantitative estimate of drug-likeness (QED) is 0.641. The number of hydrogen-bond donors (Lipinski definition) is 0. The van der Waals surface area contributed by atoms with Gasteiger partial charge in [0.15, 0.2) is 0 Å². The Balaban J connectivity index is 1.34. The van der Waals surface area contributed by atoms with Gasteiger partial charge in [0.25, 0.3) is 5.91 Å². The van der Waals surface area contributed by atoms with Gasteiger partial charge < -0.3 is 9.80 Å². The van der Waals surface area contributed by atoms with Crippen molar-refractivity contribution in [2.75, 3.05) is 31.1 Å². The zero-order chi connectivity index (χ0) is 19.3. The van der Waals surface area contributed by atoms with Crippen LogP contribution in [-0.2, 0) is 12.8 Å². The summed E-state index contributed by atoms with van der Waals surface area (Å²) in [6.45, 7) is 5.03. The number of thiazole rings is 1. The number of aryl methyl sites for hydroxylation is 3. The van der Waals surface area contributed by atoms with E-state index in [9.17, 15) is 4.79 Å². The summed E-state index contributed by atoms with van der Waals surface area (Å²) in [6, 6.07) is 10.4. The molecule has 3 heterocycles. The number of carbonyl (C=O) groups excluding carboxylic acids is 1. The molecule has 0 saturated carbocycles. The smallest absolute Gasteiger partial charge is 0.273 e. The minimum Gasteiger partial charge on any atom is -0.345 e. The Kier molecular flexibility index (Phi) is 5.97. The molecule has 0 radical (unpaired) electrons. The summed E-state index contributed by atoms with van der Waals surface area (Å²) in [4.78, 5) is 26.1. The van der Waals surface area contributed by atoms with E-state index in [2.05, 4.69) is 43.5 Å². The molecule has 2 aromatic heterocycles. The molecule has 4 rings (SSSR count). The molecule has 1 fully saturated rings. The van der Waals surface area contributed by atoms with E-state index in [1.807, 2.05) is 23.3 Å². The van der Waals surface area contributed by atoms with Gasteiger partial charge in [-0.3, -0.25) is 4.79 Å². The molecule has 8 heteroatoms. The van der Waals surface area contributed by atoms with Crippen LogP contribution < -0.4 is 4.90 Å². The third-order valence-electron chi connectivity index (χ3n) is 4.81.